The third kappa shape index (κ3) is 2.83. The summed E-state index contributed by atoms with van der Waals surface area (Å²) in [7, 11) is 2.02. The molecule has 1 aromatic heterocycles. The molecule has 1 heterocycles. The molecule has 4 heteroatoms. The predicted molar refractivity (Wildman–Crippen MR) is 67.1 cm³/mol. The van der Waals surface area contributed by atoms with E-state index in [9.17, 15) is 0 Å². The summed E-state index contributed by atoms with van der Waals surface area (Å²) in [6.45, 7) is 8.35. The SMILES string of the molecule is CCCN(C(C)C)C(CN)c1cncn1C. The Labute approximate surface area is 98.5 Å². The molecule has 2 N–H and O–H groups in total. The Hall–Kier alpha value is -0.870. The Morgan fingerprint density at radius 1 is 1.50 bits per heavy atom. The summed E-state index contributed by atoms with van der Waals surface area (Å²) >= 11 is 0. The van der Waals surface area contributed by atoms with Gasteiger partial charge in [0.15, 0.2) is 0 Å². The maximum absolute atomic E-state index is 5.92. The fraction of sp³-hybridized carbons (Fsp3) is 0.750. The number of hydrogen-bond acceptors (Lipinski definition) is 3. The molecule has 1 rings (SSSR count). The number of aromatic nitrogens is 2. The molecule has 0 aromatic carbocycles. The molecule has 4 nitrogen and oxygen atoms in total. The monoisotopic (exact) mass is 224 g/mol. The highest BCUT2D eigenvalue weighted by Crippen LogP contribution is 2.21. The molecule has 0 aliphatic carbocycles. The summed E-state index contributed by atoms with van der Waals surface area (Å²) in [5.41, 5.74) is 7.12. The second-order valence-corrected chi connectivity index (χ2v) is 4.51. The van der Waals surface area contributed by atoms with Gasteiger partial charge in [0.2, 0.25) is 0 Å². The van der Waals surface area contributed by atoms with Gasteiger partial charge in [-0.05, 0) is 26.8 Å². The molecule has 1 unspecified atom stereocenters. The maximum Gasteiger partial charge on any atom is 0.0946 e. The Bertz CT molecular complexity index is 306. The van der Waals surface area contributed by atoms with E-state index in [4.69, 9.17) is 5.73 Å². The van der Waals surface area contributed by atoms with Crippen LogP contribution >= 0.6 is 0 Å². The van der Waals surface area contributed by atoms with Gasteiger partial charge in [0, 0.05) is 25.8 Å². The molecule has 0 aliphatic rings. The molecular formula is C12H24N4. The van der Waals surface area contributed by atoms with Crippen LogP contribution in [0.5, 0.6) is 0 Å². The Morgan fingerprint density at radius 3 is 2.56 bits per heavy atom. The minimum absolute atomic E-state index is 0.271. The summed E-state index contributed by atoms with van der Waals surface area (Å²) < 4.78 is 2.06. The molecule has 0 radical (unpaired) electrons. The van der Waals surface area contributed by atoms with Gasteiger partial charge in [-0.15, -0.1) is 0 Å². The van der Waals surface area contributed by atoms with Gasteiger partial charge in [-0.2, -0.15) is 0 Å². The first-order chi connectivity index (χ1) is 7.61. The van der Waals surface area contributed by atoms with Gasteiger partial charge in [0.05, 0.1) is 18.1 Å². The van der Waals surface area contributed by atoms with Gasteiger partial charge >= 0.3 is 0 Å². The Morgan fingerprint density at radius 2 is 2.19 bits per heavy atom. The second kappa shape index (κ2) is 6.01. The number of nitrogens with zero attached hydrogens (tertiary/aromatic N) is 3. The van der Waals surface area contributed by atoms with E-state index >= 15 is 0 Å². The molecule has 1 aromatic rings. The number of hydrogen-bond donors (Lipinski definition) is 1. The van der Waals surface area contributed by atoms with Gasteiger partial charge in [-0.25, -0.2) is 4.98 Å². The lowest BCUT2D eigenvalue weighted by molar-refractivity contribution is 0.152. The fourth-order valence-electron chi connectivity index (χ4n) is 2.15. The van der Waals surface area contributed by atoms with E-state index in [1.54, 1.807) is 0 Å². The zero-order valence-electron chi connectivity index (χ0n) is 10.8. The van der Waals surface area contributed by atoms with Crippen molar-refractivity contribution in [1.29, 1.82) is 0 Å². The van der Waals surface area contributed by atoms with Crippen molar-refractivity contribution in [2.75, 3.05) is 13.1 Å². The van der Waals surface area contributed by atoms with Crippen LogP contribution in [0.3, 0.4) is 0 Å². The highest BCUT2D eigenvalue weighted by Gasteiger charge is 2.22. The lowest BCUT2D eigenvalue weighted by Gasteiger charge is -2.34. The smallest absolute Gasteiger partial charge is 0.0946 e. The van der Waals surface area contributed by atoms with Crippen molar-refractivity contribution in [2.24, 2.45) is 12.8 Å². The van der Waals surface area contributed by atoms with Gasteiger partial charge in [-0.3, -0.25) is 4.90 Å². The first-order valence-electron chi connectivity index (χ1n) is 6.03. The van der Waals surface area contributed by atoms with Crippen LogP contribution in [-0.2, 0) is 7.05 Å². The fourth-order valence-corrected chi connectivity index (χ4v) is 2.15. The van der Waals surface area contributed by atoms with Crippen molar-refractivity contribution >= 4 is 0 Å². The van der Waals surface area contributed by atoms with Gasteiger partial charge in [-0.1, -0.05) is 6.92 Å². The van der Waals surface area contributed by atoms with Crippen molar-refractivity contribution in [3.63, 3.8) is 0 Å². The Kier molecular flexibility index (Phi) is 4.96. The van der Waals surface area contributed by atoms with E-state index in [0.717, 1.165) is 13.0 Å². The zero-order valence-corrected chi connectivity index (χ0v) is 10.8. The van der Waals surface area contributed by atoms with Crippen LogP contribution in [0.4, 0.5) is 0 Å². The summed E-state index contributed by atoms with van der Waals surface area (Å²) in [5.74, 6) is 0. The molecule has 92 valence electrons. The Balaban J connectivity index is 2.90. The molecular weight excluding hydrogens is 200 g/mol. The van der Waals surface area contributed by atoms with Crippen LogP contribution < -0.4 is 5.73 Å². The van der Waals surface area contributed by atoms with Crippen LogP contribution in [0.25, 0.3) is 0 Å². The average molecular weight is 224 g/mol. The van der Waals surface area contributed by atoms with Gasteiger partial charge in [0.25, 0.3) is 0 Å². The second-order valence-electron chi connectivity index (χ2n) is 4.51. The maximum atomic E-state index is 5.92. The number of imidazole rings is 1. The van der Waals surface area contributed by atoms with Crippen LogP contribution in [-0.4, -0.2) is 33.6 Å². The molecule has 0 saturated heterocycles. The topological polar surface area (TPSA) is 47.1 Å². The molecule has 0 bridgehead atoms. The zero-order chi connectivity index (χ0) is 12.1. The summed E-state index contributed by atoms with van der Waals surface area (Å²) in [5, 5.41) is 0. The number of nitrogens with two attached hydrogens (primary N) is 1. The van der Waals surface area contributed by atoms with Crippen LogP contribution in [0.2, 0.25) is 0 Å². The standard InChI is InChI=1S/C12H24N4/c1-5-6-16(10(2)3)11(7-13)12-8-14-9-15(12)4/h8-11H,5-7,13H2,1-4H3. The van der Waals surface area contributed by atoms with Crippen molar-refractivity contribution < 1.29 is 0 Å². The third-order valence-electron chi connectivity index (χ3n) is 2.96. The van der Waals surface area contributed by atoms with Crippen molar-refractivity contribution in [3.8, 4) is 0 Å². The number of rotatable bonds is 6. The molecule has 0 aliphatic heterocycles. The summed E-state index contributed by atoms with van der Waals surface area (Å²) in [4.78, 5) is 6.61. The number of aryl methyl sites for hydroxylation is 1. The van der Waals surface area contributed by atoms with Crippen LogP contribution in [0.1, 0.15) is 38.9 Å². The van der Waals surface area contributed by atoms with E-state index in [-0.39, 0.29) is 6.04 Å². The van der Waals surface area contributed by atoms with E-state index in [0.29, 0.717) is 12.6 Å². The van der Waals surface area contributed by atoms with Crippen molar-refractivity contribution in [2.45, 2.75) is 39.3 Å². The summed E-state index contributed by atoms with van der Waals surface area (Å²) in [6, 6.07) is 0.774. The molecule has 0 amide bonds. The third-order valence-corrected chi connectivity index (χ3v) is 2.96. The first-order valence-corrected chi connectivity index (χ1v) is 6.03. The lowest BCUT2D eigenvalue weighted by Crippen LogP contribution is -2.40. The van der Waals surface area contributed by atoms with E-state index in [1.165, 1.54) is 5.69 Å². The summed E-state index contributed by atoms with van der Waals surface area (Å²) in [6.07, 6.45) is 4.90. The predicted octanol–water partition coefficient (Wildman–Crippen LogP) is 1.54. The molecule has 0 fully saturated rings. The van der Waals surface area contributed by atoms with Crippen molar-refractivity contribution in [3.05, 3.63) is 18.2 Å². The van der Waals surface area contributed by atoms with E-state index in [2.05, 4.69) is 35.2 Å². The highest BCUT2D eigenvalue weighted by molar-refractivity contribution is 5.06. The molecule has 0 saturated carbocycles. The van der Waals surface area contributed by atoms with Gasteiger partial charge in [0.1, 0.15) is 0 Å². The van der Waals surface area contributed by atoms with Crippen molar-refractivity contribution in [1.82, 2.24) is 14.5 Å². The van der Waals surface area contributed by atoms with Crippen LogP contribution in [0.15, 0.2) is 12.5 Å². The molecule has 0 spiro atoms. The minimum Gasteiger partial charge on any atom is -0.336 e. The highest BCUT2D eigenvalue weighted by atomic mass is 15.2. The minimum atomic E-state index is 0.271. The molecule has 16 heavy (non-hydrogen) atoms. The van der Waals surface area contributed by atoms with E-state index < -0.39 is 0 Å². The van der Waals surface area contributed by atoms with Gasteiger partial charge < -0.3 is 10.3 Å². The quantitative estimate of drug-likeness (QED) is 0.797. The van der Waals surface area contributed by atoms with E-state index in [1.807, 2.05) is 19.6 Å². The first kappa shape index (κ1) is 13.2. The largest absolute Gasteiger partial charge is 0.336 e. The molecule has 1 atom stereocenters. The van der Waals surface area contributed by atoms with Crippen LogP contribution in [0, 0.1) is 0 Å². The normalized spacial score (nSPS) is 13.7. The lowest BCUT2D eigenvalue weighted by atomic mass is 10.1. The average Bonchev–Trinajstić information content (AvgIpc) is 2.65.